The second kappa shape index (κ2) is 9.62. The van der Waals surface area contributed by atoms with Crippen LogP contribution in [0.2, 0.25) is 0 Å². The molecule has 0 N–H and O–H groups in total. The number of hydrogen-bond donors (Lipinski definition) is 0. The van der Waals surface area contributed by atoms with Crippen LogP contribution < -0.4 is 14.9 Å². The van der Waals surface area contributed by atoms with Crippen molar-refractivity contribution in [3.05, 3.63) is 58.3 Å². The largest absolute Gasteiger partial charge is 0.496 e. The van der Waals surface area contributed by atoms with E-state index in [4.69, 9.17) is 18.9 Å². The summed E-state index contributed by atoms with van der Waals surface area (Å²) in [6.07, 6.45) is -3.41. The summed E-state index contributed by atoms with van der Waals surface area (Å²) < 4.78 is 25.9. The van der Waals surface area contributed by atoms with Crippen LogP contribution in [0.1, 0.15) is 25.5 Å². The van der Waals surface area contributed by atoms with Crippen molar-refractivity contribution in [1.82, 2.24) is 14.4 Å². The molecule has 0 saturated heterocycles. The minimum atomic E-state index is -1.11. The van der Waals surface area contributed by atoms with Crippen molar-refractivity contribution in [2.75, 3.05) is 35.3 Å². The molecule has 2 atom stereocenters. The number of aromatic nitrogens is 1. The Balaban J connectivity index is 1.91. The molecule has 40 heavy (non-hydrogen) atoms. The highest BCUT2D eigenvalue weighted by Gasteiger charge is 2.51. The molecule has 0 aliphatic carbocycles. The molecule has 0 unspecified atom stereocenters. The van der Waals surface area contributed by atoms with Gasteiger partial charge in [-0.25, -0.2) is 9.59 Å². The van der Waals surface area contributed by atoms with E-state index in [0.29, 0.717) is 38.9 Å². The van der Waals surface area contributed by atoms with Crippen molar-refractivity contribution in [2.45, 2.75) is 31.7 Å². The SMILES string of the molecule is COc1cc2c(c3c1c(=O)c1cc4ccccc4cc1n3C)[C@@H](OC(=O)N(C)C)[C@@H](OC(=O)N(C)C)C(C)(C)O2. The molecule has 0 fully saturated rings. The lowest BCUT2D eigenvalue weighted by Crippen LogP contribution is -2.53. The van der Waals surface area contributed by atoms with Gasteiger partial charge in [-0.3, -0.25) is 4.79 Å². The lowest BCUT2D eigenvalue weighted by Gasteiger charge is -2.44. The molecule has 0 bridgehead atoms. The molecule has 0 radical (unpaired) electrons. The molecule has 2 heterocycles. The predicted molar refractivity (Wildman–Crippen MR) is 152 cm³/mol. The van der Waals surface area contributed by atoms with E-state index in [1.165, 1.54) is 16.9 Å². The molecule has 2 amide bonds. The third-order valence-electron chi connectivity index (χ3n) is 7.32. The first-order valence-electron chi connectivity index (χ1n) is 12.9. The number of benzene rings is 3. The third kappa shape index (κ3) is 4.24. The Bertz CT molecular complexity index is 1740. The van der Waals surface area contributed by atoms with Gasteiger partial charge < -0.3 is 33.3 Å². The molecule has 210 valence electrons. The van der Waals surface area contributed by atoms with Crippen LogP contribution in [0.25, 0.3) is 32.6 Å². The molecular weight excluding hydrogens is 514 g/mol. The molecule has 0 saturated carbocycles. The first-order chi connectivity index (χ1) is 18.9. The zero-order chi connectivity index (χ0) is 29.1. The lowest BCUT2D eigenvalue weighted by molar-refractivity contribution is -0.122. The second-order valence-electron chi connectivity index (χ2n) is 10.9. The normalized spacial score (nSPS) is 17.7. The number of aryl methyl sites for hydroxylation is 1. The fourth-order valence-corrected chi connectivity index (χ4v) is 5.28. The Morgan fingerprint density at radius 3 is 2.15 bits per heavy atom. The average molecular weight is 548 g/mol. The Labute approximate surface area is 231 Å². The Morgan fingerprint density at radius 2 is 1.55 bits per heavy atom. The number of hydrogen-bond acceptors (Lipinski definition) is 7. The predicted octanol–water partition coefficient (Wildman–Crippen LogP) is 4.83. The summed E-state index contributed by atoms with van der Waals surface area (Å²) in [7, 11) is 9.58. The molecule has 1 aromatic heterocycles. The first-order valence-corrected chi connectivity index (χ1v) is 12.9. The fourth-order valence-electron chi connectivity index (χ4n) is 5.28. The van der Waals surface area contributed by atoms with Gasteiger partial charge in [-0.15, -0.1) is 0 Å². The molecule has 4 aromatic rings. The monoisotopic (exact) mass is 547 g/mol. The van der Waals surface area contributed by atoms with Crippen LogP contribution in [-0.4, -0.2) is 73.6 Å². The Kier molecular flexibility index (Phi) is 6.52. The van der Waals surface area contributed by atoms with E-state index >= 15 is 0 Å². The van der Waals surface area contributed by atoms with E-state index in [2.05, 4.69) is 0 Å². The smallest absolute Gasteiger partial charge is 0.409 e. The lowest BCUT2D eigenvalue weighted by atomic mass is 9.86. The van der Waals surface area contributed by atoms with Crippen molar-refractivity contribution >= 4 is 44.8 Å². The van der Waals surface area contributed by atoms with Gasteiger partial charge >= 0.3 is 12.2 Å². The first kappa shape index (κ1) is 27.1. The topological polar surface area (TPSA) is 99.5 Å². The number of pyridine rings is 1. The number of carbonyl (C=O) groups is 2. The number of rotatable bonds is 3. The zero-order valence-electron chi connectivity index (χ0n) is 23.9. The maximum absolute atomic E-state index is 14.1. The van der Waals surface area contributed by atoms with Gasteiger partial charge in [-0.05, 0) is 36.8 Å². The van der Waals surface area contributed by atoms with Gasteiger partial charge in [0.2, 0.25) is 5.43 Å². The molecule has 5 rings (SSSR count). The van der Waals surface area contributed by atoms with Crippen LogP contribution >= 0.6 is 0 Å². The van der Waals surface area contributed by atoms with Crippen molar-refractivity contribution in [3.8, 4) is 11.5 Å². The minimum absolute atomic E-state index is 0.238. The van der Waals surface area contributed by atoms with Crippen LogP contribution in [0.4, 0.5) is 9.59 Å². The highest BCUT2D eigenvalue weighted by molar-refractivity contribution is 6.04. The second-order valence-corrected chi connectivity index (χ2v) is 10.9. The number of methoxy groups -OCH3 is 1. The number of nitrogens with zero attached hydrogens (tertiary/aromatic N) is 3. The summed E-state index contributed by atoms with van der Waals surface area (Å²) in [4.78, 5) is 42.5. The summed E-state index contributed by atoms with van der Waals surface area (Å²) in [5.74, 6) is 0.680. The van der Waals surface area contributed by atoms with Gasteiger partial charge in [0.15, 0.2) is 12.2 Å². The molecule has 0 spiro atoms. The van der Waals surface area contributed by atoms with Crippen LogP contribution in [0, 0.1) is 0 Å². The zero-order valence-corrected chi connectivity index (χ0v) is 23.9. The maximum Gasteiger partial charge on any atom is 0.409 e. The van der Waals surface area contributed by atoms with E-state index in [-0.39, 0.29) is 5.43 Å². The molecule has 10 heteroatoms. The summed E-state index contributed by atoms with van der Waals surface area (Å²) in [5, 5.41) is 2.72. The van der Waals surface area contributed by atoms with E-state index in [0.717, 1.165) is 10.8 Å². The van der Waals surface area contributed by atoms with Crippen LogP contribution in [0.15, 0.2) is 47.3 Å². The van der Waals surface area contributed by atoms with Crippen LogP contribution in [0.3, 0.4) is 0 Å². The van der Waals surface area contributed by atoms with E-state index in [9.17, 15) is 14.4 Å². The number of ether oxygens (including phenoxy) is 4. The molecular formula is C30H33N3O7. The number of fused-ring (bicyclic) bond motifs is 5. The Hall–Kier alpha value is -4.47. The van der Waals surface area contributed by atoms with Gasteiger partial charge in [0.25, 0.3) is 0 Å². The summed E-state index contributed by atoms with van der Waals surface area (Å²) in [5.41, 5.74) is 0.200. The van der Waals surface area contributed by atoms with Gasteiger partial charge in [0.05, 0.1) is 29.1 Å². The van der Waals surface area contributed by atoms with E-state index in [1.54, 1.807) is 48.1 Å². The van der Waals surface area contributed by atoms with Crippen LogP contribution in [-0.2, 0) is 16.5 Å². The average Bonchev–Trinajstić information content (AvgIpc) is 2.91. The number of amides is 2. The molecule has 1 aliphatic rings. The van der Waals surface area contributed by atoms with Gasteiger partial charge in [-0.2, -0.15) is 0 Å². The van der Waals surface area contributed by atoms with Crippen LogP contribution in [0.5, 0.6) is 11.5 Å². The minimum Gasteiger partial charge on any atom is -0.496 e. The summed E-state index contributed by atoms with van der Waals surface area (Å²) in [6.45, 7) is 3.50. The third-order valence-corrected chi connectivity index (χ3v) is 7.32. The van der Waals surface area contributed by atoms with Crippen molar-refractivity contribution in [1.29, 1.82) is 0 Å². The molecule has 3 aromatic carbocycles. The highest BCUT2D eigenvalue weighted by Crippen LogP contribution is 2.49. The molecule has 10 nitrogen and oxygen atoms in total. The van der Waals surface area contributed by atoms with Crippen molar-refractivity contribution in [2.24, 2.45) is 7.05 Å². The van der Waals surface area contributed by atoms with Gasteiger partial charge in [-0.1, -0.05) is 24.3 Å². The maximum atomic E-state index is 14.1. The highest BCUT2D eigenvalue weighted by atomic mass is 16.6. The number of carbonyl (C=O) groups excluding carboxylic acids is 2. The van der Waals surface area contributed by atoms with E-state index < -0.39 is 30.0 Å². The standard InChI is InChI=1S/C30H33N3O7/c1-30(2)27(39-29(36)32(5)6)26(38-28(35)31(3)4)23-21(40-30)15-20(37-8)22-24(23)33(7)19-14-17-12-10-9-11-16(17)13-18(19)25(22)34/h9-15,26-27H,1-8H3/t26-,27-/m1/s1. The van der Waals surface area contributed by atoms with Gasteiger partial charge in [0, 0.05) is 46.7 Å². The van der Waals surface area contributed by atoms with E-state index in [1.807, 2.05) is 48.0 Å². The fraction of sp³-hybridized carbons (Fsp3) is 0.367. The molecule has 1 aliphatic heterocycles. The Morgan fingerprint density at radius 1 is 0.950 bits per heavy atom. The summed E-state index contributed by atoms with van der Waals surface area (Å²) >= 11 is 0. The van der Waals surface area contributed by atoms with Gasteiger partial charge in [0.1, 0.15) is 17.1 Å². The van der Waals surface area contributed by atoms with Crippen molar-refractivity contribution < 1.29 is 28.5 Å². The van der Waals surface area contributed by atoms with Crippen molar-refractivity contribution in [3.63, 3.8) is 0 Å². The summed E-state index contributed by atoms with van der Waals surface area (Å²) in [6, 6.07) is 13.3. The quantitative estimate of drug-likeness (QED) is 0.339.